The zero-order chi connectivity index (χ0) is 15.4. The molecule has 0 spiro atoms. The molecule has 3 aliphatic rings. The number of rotatable bonds is 4. The fourth-order valence-corrected chi connectivity index (χ4v) is 6.17. The molecule has 1 saturated heterocycles. The third-order valence-electron chi connectivity index (χ3n) is 6.25. The molecule has 120 valence electrons. The highest BCUT2D eigenvalue weighted by Gasteiger charge is 2.57. The molecule has 4 atom stereocenters. The molecular formula is C19H22N2OS. The lowest BCUT2D eigenvalue weighted by Crippen LogP contribution is -2.60. The first-order valence-corrected chi connectivity index (χ1v) is 9.75. The van der Waals surface area contributed by atoms with E-state index in [0.717, 1.165) is 42.7 Å². The Morgan fingerprint density at radius 3 is 3.00 bits per heavy atom. The Kier molecular flexibility index (Phi) is 3.22. The number of aromatic nitrogens is 1. The molecule has 1 amide bonds. The first-order chi connectivity index (χ1) is 11.3. The highest BCUT2D eigenvalue weighted by Crippen LogP contribution is 2.55. The van der Waals surface area contributed by atoms with E-state index in [4.69, 9.17) is 0 Å². The van der Waals surface area contributed by atoms with Crippen molar-refractivity contribution in [1.29, 1.82) is 0 Å². The van der Waals surface area contributed by atoms with Crippen LogP contribution in [-0.2, 0) is 11.2 Å². The molecular weight excluding hydrogens is 304 g/mol. The summed E-state index contributed by atoms with van der Waals surface area (Å²) < 4.78 is 1.25. The summed E-state index contributed by atoms with van der Waals surface area (Å²) in [5.74, 6) is 3.01. The van der Waals surface area contributed by atoms with E-state index < -0.39 is 0 Å². The van der Waals surface area contributed by atoms with E-state index in [9.17, 15) is 4.79 Å². The minimum Gasteiger partial charge on any atom is -0.339 e. The Morgan fingerprint density at radius 2 is 2.13 bits per heavy atom. The molecule has 1 aromatic carbocycles. The fraction of sp³-hybridized carbons (Fsp3) is 0.579. The van der Waals surface area contributed by atoms with Crippen LogP contribution in [0.2, 0.25) is 0 Å². The predicted molar refractivity (Wildman–Crippen MR) is 92.4 cm³/mol. The Labute approximate surface area is 140 Å². The number of carbonyl (C=O) groups is 1. The van der Waals surface area contributed by atoms with Crippen LogP contribution in [0.25, 0.3) is 10.2 Å². The number of carbonyl (C=O) groups excluding carboxylic acids is 1. The van der Waals surface area contributed by atoms with Crippen LogP contribution < -0.4 is 0 Å². The monoisotopic (exact) mass is 326 g/mol. The second-order valence-corrected chi connectivity index (χ2v) is 8.58. The molecule has 0 N–H and O–H groups in total. The van der Waals surface area contributed by atoms with Gasteiger partial charge in [-0.3, -0.25) is 4.79 Å². The van der Waals surface area contributed by atoms with Crippen LogP contribution in [-0.4, -0.2) is 28.4 Å². The molecule has 2 saturated carbocycles. The quantitative estimate of drug-likeness (QED) is 0.854. The van der Waals surface area contributed by atoms with Crippen LogP contribution in [0.4, 0.5) is 0 Å². The third-order valence-corrected chi connectivity index (χ3v) is 7.34. The zero-order valence-electron chi connectivity index (χ0n) is 13.3. The Hall–Kier alpha value is -1.42. The van der Waals surface area contributed by atoms with Crippen molar-refractivity contribution in [1.82, 2.24) is 9.88 Å². The molecule has 1 aromatic heterocycles. The molecule has 1 aliphatic heterocycles. The lowest BCUT2D eigenvalue weighted by atomic mass is 9.76. The van der Waals surface area contributed by atoms with Gasteiger partial charge in [-0.2, -0.15) is 0 Å². The molecule has 3 nitrogen and oxygen atoms in total. The van der Waals surface area contributed by atoms with Crippen molar-refractivity contribution < 1.29 is 4.79 Å². The molecule has 5 rings (SSSR count). The van der Waals surface area contributed by atoms with E-state index in [0.29, 0.717) is 18.4 Å². The van der Waals surface area contributed by atoms with Crippen molar-refractivity contribution in [3.8, 4) is 0 Å². The first-order valence-electron chi connectivity index (χ1n) is 8.93. The highest BCUT2D eigenvalue weighted by atomic mass is 32.1. The van der Waals surface area contributed by atoms with Crippen molar-refractivity contribution >= 4 is 27.5 Å². The van der Waals surface area contributed by atoms with Crippen LogP contribution in [0.15, 0.2) is 24.3 Å². The topological polar surface area (TPSA) is 33.2 Å². The van der Waals surface area contributed by atoms with E-state index in [2.05, 4.69) is 28.1 Å². The van der Waals surface area contributed by atoms with Crippen LogP contribution in [0.1, 0.15) is 37.1 Å². The van der Waals surface area contributed by atoms with Gasteiger partial charge in [0.1, 0.15) is 0 Å². The van der Waals surface area contributed by atoms with Crippen LogP contribution >= 0.6 is 11.3 Å². The average molecular weight is 326 g/mol. The number of hydrogen-bond donors (Lipinski definition) is 0. The van der Waals surface area contributed by atoms with Crippen LogP contribution in [0, 0.1) is 17.8 Å². The smallest absolute Gasteiger partial charge is 0.222 e. The number of amides is 1. The van der Waals surface area contributed by atoms with Gasteiger partial charge in [-0.25, -0.2) is 4.98 Å². The fourth-order valence-electron chi connectivity index (χ4n) is 5.16. The van der Waals surface area contributed by atoms with Gasteiger partial charge >= 0.3 is 0 Å². The van der Waals surface area contributed by atoms with Gasteiger partial charge in [0.25, 0.3) is 0 Å². The third kappa shape index (κ3) is 2.22. The summed E-state index contributed by atoms with van der Waals surface area (Å²) in [6.45, 7) is 1.05. The first kappa shape index (κ1) is 14.0. The summed E-state index contributed by atoms with van der Waals surface area (Å²) in [6.07, 6.45) is 6.73. The summed E-state index contributed by atoms with van der Waals surface area (Å²) in [7, 11) is 0. The summed E-state index contributed by atoms with van der Waals surface area (Å²) in [6, 6.07) is 8.89. The number of hydrogen-bond acceptors (Lipinski definition) is 3. The number of nitrogens with zero attached hydrogens (tertiary/aromatic N) is 2. The molecule has 23 heavy (non-hydrogen) atoms. The van der Waals surface area contributed by atoms with Crippen LogP contribution in [0.3, 0.4) is 0 Å². The summed E-state index contributed by atoms with van der Waals surface area (Å²) in [5.41, 5.74) is 1.09. The Morgan fingerprint density at radius 1 is 1.26 bits per heavy atom. The number of benzene rings is 1. The minimum absolute atomic E-state index is 0.389. The van der Waals surface area contributed by atoms with Gasteiger partial charge in [-0.1, -0.05) is 12.1 Å². The maximum absolute atomic E-state index is 12.5. The van der Waals surface area contributed by atoms with E-state index in [1.807, 2.05) is 6.07 Å². The lowest BCUT2D eigenvalue weighted by molar-refractivity contribution is -0.147. The minimum atomic E-state index is 0.389. The second kappa shape index (κ2) is 5.30. The van der Waals surface area contributed by atoms with Gasteiger partial charge in [0, 0.05) is 24.9 Å². The average Bonchev–Trinajstić information content (AvgIpc) is 3.18. The maximum atomic E-state index is 12.5. The van der Waals surface area contributed by atoms with Crippen molar-refractivity contribution in [2.24, 2.45) is 17.8 Å². The highest BCUT2D eigenvalue weighted by molar-refractivity contribution is 7.18. The van der Waals surface area contributed by atoms with Crippen molar-refractivity contribution in [2.75, 3.05) is 6.54 Å². The Bertz CT molecular complexity index is 720. The summed E-state index contributed by atoms with van der Waals surface area (Å²) in [5, 5.41) is 1.17. The molecule has 0 radical (unpaired) electrons. The summed E-state index contributed by atoms with van der Waals surface area (Å²) in [4.78, 5) is 19.4. The maximum Gasteiger partial charge on any atom is 0.222 e. The van der Waals surface area contributed by atoms with E-state index in [-0.39, 0.29) is 0 Å². The molecule has 4 heteroatoms. The van der Waals surface area contributed by atoms with E-state index in [1.54, 1.807) is 11.3 Å². The van der Waals surface area contributed by atoms with Crippen molar-refractivity contribution in [3.63, 3.8) is 0 Å². The van der Waals surface area contributed by atoms with Crippen molar-refractivity contribution in [2.45, 2.75) is 44.6 Å². The molecule has 2 bridgehead atoms. The number of likely N-dealkylation sites (tertiary alicyclic amines) is 1. The van der Waals surface area contributed by atoms with E-state index >= 15 is 0 Å². The predicted octanol–water partition coefficient (Wildman–Crippen LogP) is 3.88. The number of thiazole rings is 1. The number of fused-ring (bicyclic) bond motifs is 6. The van der Waals surface area contributed by atoms with Gasteiger partial charge in [-0.05, 0) is 56.1 Å². The standard InChI is InChI=1S/C19H22N2OS/c22-18(21-11-14-12-8-9-13(10-12)19(14)21)7-3-6-17-20-15-4-1-2-5-16(15)23-17/h1-2,4-5,12-14,19H,3,6-11H2/t12-,13-,14+,19+/m0/s1. The number of para-hydroxylation sites is 1. The van der Waals surface area contributed by atoms with Gasteiger partial charge < -0.3 is 4.90 Å². The van der Waals surface area contributed by atoms with Gasteiger partial charge in [0.05, 0.1) is 15.2 Å². The molecule has 0 unspecified atom stereocenters. The normalized spacial score (nSPS) is 31.4. The zero-order valence-corrected chi connectivity index (χ0v) is 14.1. The molecule has 2 aromatic rings. The number of aryl methyl sites for hydroxylation is 1. The van der Waals surface area contributed by atoms with E-state index in [1.165, 1.54) is 29.0 Å². The molecule has 2 heterocycles. The Balaban J connectivity index is 1.16. The van der Waals surface area contributed by atoms with Crippen molar-refractivity contribution in [3.05, 3.63) is 29.3 Å². The van der Waals surface area contributed by atoms with Gasteiger partial charge in [0.15, 0.2) is 0 Å². The van der Waals surface area contributed by atoms with Crippen LogP contribution in [0.5, 0.6) is 0 Å². The van der Waals surface area contributed by atoms with Gasteiger partial charge in [0.2, 0.25) is 5.91 Å². The second-order valence-electron chi connectivity index (χ2n) is 7.46. The molecule has 3 fully saturated rings. The molecule has 2 aliphatic carbocycles. The summed E-state index contributed by atoms with van der Waals surface area (Å²) >= 11 is 1.77. The SMILES string of the molecule is O=C(CCCc1nc2ccccc2s1)N1C[C@@H]2[C@H]3CC[C@@H](C3)[C@H]21. The largest absolute Gasteiger partial charge is 0.339 e. The van der Waals surface area contributed by atoms with Gasteiger partial charge in [-0.15, -0.1) is 11.3 Å². The lowest BCUT2D eigenvalue weighted by Gasteiger charge is -2.50.